The maximum Gasteiger partial charge on any atom is 0.188 e. The van der Waals surface area contributed by atoms with Gasteiger partial charge in [0, 0.05) is 16.7 Å². The zero-order valence-corrected chi connectivity index (χ0v) is 27.1. The molecule has 0 spiro atoms. The van der Waals surface area contributed by atoms with E-state index in [0.717, 1.165) is 37.1 Å². The number of nitrogens with zero attached hydrogens (tertiary/aromatic N) is 2. The fourth-order valence-electron chi connectivity index (χ4n) is 8.03. The van der Waals surface area contributed by atoms with E-state index < -0.39 is 22.2 Å². The lowest BCUT2D eigenvalue weighted by Crippen LogP contribution is -2.63. The lowest BCUT2D eigenvalue weighted by molar-refractivity contribution is -0.152. The van der Waals surface area contributed by atoms with E-state index in [1.807, 2.05) is 0 Å². The molecule has 0 aromatic heterocycles. The fraction of sp³-hybridized carbons (Fsp3) is 0.759. The molecule has 3 unspecified atom stereocenters. The lowest BCUT2D eigenvalue weighted by Gasteiger charge is -2.59. The zero-order chi connectivity index (χ0) is 28.1. The molecule has 4 aliphatic carbocycles. The molecule has 0 N–H and O–H groups in total. The minimum Gasteiger partial charge on any atom is -0.410 e. The molecule has 7 nitrogen and oxygen atoms in total. The van der Waals surface area contributed by atoms with Crippen LogP contribution in [0.5, 0.6) is 0 Å². The molecule has 0 amide bonds. The van der Waals surface area contributed by atoms with Gasteiger partial charge in [0.15, 0.2) is 22.4 Å². The van der Waals surface area contributed by atoms with Crippen molar-refractivity contribution in [1.29, 1.82) is 0 Å². The third-order valence-electron chi connectivity index (χ3n) is 9.38. The molecule has 9 heteroatoms. The molecule has 38 heavy (non-hydrogen) atoms. The van der Waals surface area contributed by atoms with Crippen LogP contribution in [0.3, 0.4) is 0 Å². The van der Waals surface area contributed by atoms with Crippen molar-refractivity contribution in [1.82, 2.24) is 0 Å². The predicted molar refractivity (Wildman–Crippen MR) is 157 cm³/mol. The Labute approximate surface area is 231 Å². The summed E-state index contributed by atoms with van der Waals surface area (Å²) in [6, 6.07) is 0. The van der Waals surface area contributed by atoms with Gasteiger partial charge in [0.25, 0.3) is 0 Å². The summed E-state index contributed by atoms with van der Waals surface area (Å²) in [6.45, 7) is 17.7. The first-order chi connectivity index (χ1) is 17.6. The first-order valence-electron chi connectivity index (χ1n) is 14.1. The number of hydrogen-bond donors (Lipinski definition) is 0. The standard InChI is InChI=1S/C29H48N2O5Si2/c1-27-15-13-21(30-33-3)17-20(27)11-12-22-23-14-16-29(36-38(8,9)10,25(32)19-35-37(5,6)7)28(23,2)18-24(26(22)27)31-34-4/h13,15,17,22-23,26H,11-12,14,16,18-19H2,1-10H3/b30-21+,31-24+/t22?,23?,26?,27-,28-,29-/m0/s1. The molecule has 212 valence electrons. The van der Waals surface area contributed by atoms with Gasteiger partial charge in [0.05, 0.1) is 12.3 Å². The van der Waals surface area contributed by atoms with E-state index >= 15 is 0 Å². The van der Waals surface area contributed by atoms with Gasteiger partial charge in [-0.25, -0.2) is 0 Å². The highest BCUT2D eigenvalue weighted by Gasteiger charge is 2.69. The molecule has 0 heterocycles. The van der Waals surface area contributed by atoms with Gasteiger partial charge in [-0.15, -0.1) is 0 Å². The number of rotatable bonds is 8. The number of oxime groups is 2. The van der Waals surface area contributed by atoms with Crippen LogP contribution in [0.2, 0.25) is 39.3 Å². The Balaban J connectivity index is 1.78. The van der Waals surface area contributed by atoms with Crippen molar-refractivity contribution >= 4 is 33.8 Å². The maximum absolute atomic E-state index is 14.2. The van der Waals surface area contributed by atoms with Crippen molar-refractivity contribution in [3.63, 3.8) is 0 Å². The van der Waals surface area contributed by atoms with Crippen molar-refractivity contribution in [2.75, 3.05) is 20.8 Å². The van der Waals surface area contributed by atoms with Crippen molar-refractivity contribution < 1.29 is 23.3 Å². The topological polar surface area (TPSA) is 78.7 Å². The zero-order valence-electron chi connectivity index (χ0n) is 25.1. The molecule has 6 atom stereocenters. The molecular weight excluding hydrogens is 513 g/mol. The predicted octanol–water partition coefficient (Wildman–Crippen LogP) is 6.35. The van der Waals surface area contributed by atoms with Gasteiger partial charge < -0.3 is 18.5 Å². The highest BCUT2D eigenvalue weighted by atomic mass is 28.4. The van der Waals surface area contributed by atoms with E-state index in [4.69, 9.17) is 23.7 Å². The Morgan fingerprint density at radius 1 is 1.03 bits per heavy atom. The van der Waals surface area contributed by atoms with E-state index in [1.54, 1.807) is 14.2 Å². The number of carbonyl (C=O) groups excluding carboxylic acids is 1. The average Bonchev–Trinajstić information content (AvgIpc) is 3.08. The number of hydrogen-bond acceptors (Lipinski definition) is 7. The van der Waals surface area contributed by atoms with E-state index in [-0.39, 0.29) is 29.1 Å². The number of ketones is 1. The molecule has 3 saturated carbocycles. The van der Waals surface area contributed by atoms with Crippen molar-refractivity contribution in [3.05, 3.63) is 23.8 Å². The highest BCUT2D eigenvalue weighted by molar-refractivity contribution is 6.70. The first-order valence-corrected chi connectivity index (χ1v) is 20.9. The summed E-state index contributed by atoms with van der Waals surface area (Å²) in [7, 11) is -0.732. The second kappa shape index (κ2) is 10.1. The largest absolute Gasteiger partial charge is 0.410 e. The Morgan fingerprint density at radius 2 is 1.71 bits per heavy atom. The van der Waals surface area contributed by atoms with Crippen LogP contribution in [0.4, 0.5) is 0 Å². The Morgan fingerprint density at radius 3 is 2.32 bits per heavy atom. The Bertz CT molecular complexity index is 1070. The van der Waals surface area contributed by atoms with Gasteiger partial charge in [0.2, 0.25) is 0 Å². The summed E-state index contributed by atoms with van der Waals surface area (Å²) < 4.78 is 13.2. The van der Waals surface area contributed by atoms with Crippen LogP contribution in [-0.2, 0) is 23.3 Å². The number of allylic oxidation sites excluding steroid dienone is 4. The summed E-state index contributed by atoms with van der Waals surface area (Å²) in [5.41, 5.74) is 1.85. The summed E-state index contributed by atoms with van der Waals surface area (Å²) in [5.74, 6) is 1.06. The van der Waals surface area contributed by atoms with E-state index in [0.29, 0.717) is 18.3 Å². The van der Waals surface area contributed by atoms with Crippen LogP contribution < -0.4 is 0 Å². The quantitative estimate of drug-likeness (QED) is 0.255. The van der Waals surface area contributed by atoms with Crippen LogP contribution >= 0.6 is 0 Å². The van der Waals surface area contributed by atoms with Crippen LogP contribution in [0, 0.1) is 28.6 Å². The Hall–Kier alpha value is -1.56. The maximum atomic E-state index is 14.2. The first kappa shape index (κ1) is 29.4. The SMILES string of the molecule is CO/N=C1\C=C[C@@]2(C)C(=C1)CCC1C2/C(=N/OC)C[C@@]2(C)C1CC[C@]2(O[Si](C)(C)C)C(=O)CO[Si](C)(C)C. The molecule has 0 radical (unpaired) electrons. The van der Waals surface area contributed by atoms with Crippen LogP contribution in [-0.4, -0.2) is 60.3 Å². The van der Waals surface area contributed by atoms with Gasteiger partial charge in [-0.1, -0.05) is 35.8 Å². The summed E-state index contributed by atoms with van der Waals surface area (Å²) in [6.07, 6.45) is 11.0. The van der Waals surface area contributed by atoms with Crippen molar-refractivity contribution in [2.24, 2.45) is 38.9 Å². The van der Waals surface area contributed by atoms with Crippen LogP contribution in [0.25, 0.3) is 0 Å². The summed E-state index contributed by atoms with van der Waals surface area (Å²) in [5, 5.41) is 8.87. The van der Waals surface area contributed by atoms with Gasteiger partial charge in [-0.2, -0.15) is 0 Å². The summed E-state index contributed by atoms with van der Waals surface area (Å²) >= 11 is 0. The molecule has 0 bridgehead atoms. The second-order valence-corrected chi connectivity index (χ2v) is 23.0. The number of carbonyl (C=O) groups is 1. The molecule has 0 aliphatic heterocycles. The Kier molecular flexibility index (Phi) is 7.84. The molecule has 4 rings (SSSR count). The number of Topliss-reactive ketones (excluding diaryl/α,β-unsaturated/α-hetero) is 1. The van der Waals surface area contributed by atoms with Gasteiger partial charge >= 0.3 is 0 Å². The fourth-order valence-corrected chi connectivity index (χ4v) is 10.1. The third kappa shape index (κ3) is 5.04. The van der Waals surface area contributed by atoms with E-state index in [9.17, 15) is 4.79 Å². The normalized spacial score (nSPS) is 38.9. The third-order valence-corrected chi connectivity index (χ3v) is 11.4. The molecule has 0 saturated heterocycles. The monoisotopic (exact) mass is 560 g/mol. The van der Waals surface area contributed by atoms with Gasteiger partial charge in [-0.3, -0.25) is 4.79 Å². The van der Waals surface area contributed by atoms with E-state index in [1.165, 1.54) is 5.57 Å². The van der Waals surface area contributed by atoms with Gasteiger partial charge in [-0.05, 0) is 95.4 Å². The molecular formula is C29H48N2O5Si2. The van der Waals surface area contributed by atoms with Crippen molar-refractivity contribution in [3.8, 4) is 0 Å². The summed E-state index contributed by atoms with van der Waals surface area (Å²) in [4.78, 5) is 24.8. The lowest BCUT2D eigenvalue weighted by atomic mass is 9.46. The molecule has 3 fully saturated rings. The minimum atomic E-state index is -2.08. The molecule has 0 aromatic carbocycles. The van der Waals surface area contributed by atoms with Gasteiger partial charge in [0.1, 0.15) is 25.5 Å². The van der Waals surface area contributed by atoms with Crippen molar-refractivity contribution in [2.45, 2.75) is 90.8 Å². The smallest absolute Gasteiger partial charge is 0.188 e. The van der Waals surface area contributed by atoms with Crippen LogP contribution in [0.15, 0.2) is 34.1 Å². The van der Waals surface area contributed by atoms with Crippen LogP contribution in [0.1, 0.15) is 46.0 Å². The number of fused-ring (bicyclic) bond motifs is 5. The van der Waals surface area contributed by atoms with E-state index in [2.05, 4.69) is 76.5 Å². The highest BCUT2D eigenvalue weighted by Crippen LogP contribution is 2.67. The molecule has 0 aromatic rings. The second-order valence-electron chi connectivity index (χ2n) is 14.0. The minimum absolute atomic E-state index is 0.114. The average molecular weight is 561 g/mol. The molecule has 4 aliphatic rings.